The van der Waals surface area contributed by atoms with E-state index in [1.165, 1.54) is 0 Å². The Morgan fingerprint density at radius 3 is 2.20 bits per heavy atom. The smallest absolute Gasteiger partial charge is 0.273 e. The number of rotatable bonds is 11. The minimum atomic E-state index is -0.253. The van der Waals surface area contributed by atoms with Crippen molar-refractivity contribution in [1.82, 2.24) is 10.5 Å². The number of ether oxygens (including phenoxy) is 2. The molecule has 0 unspecified atom stereocenters. The molecule has 1 heterocycles. The van der Waals surface area contributed by atoms with Gasteiger partial charge in [-0.1, -0.05) is 52.6 Å². The van der Waals surface area contributed by atoms with Gasteiger partial charge >= 0.3 is 0 Å². The lowest BCUT2D eigenvalue weighted by Crippen LogP contribution is -2.22. The van der Waals surface area contributed by atoms with E-state index in [1.807, 2.05) is 19.1 Å². The molecule has 0 aliphatic heterocycles. The zero-order chi connectivity index (χ0) is 22.1. The van der Waals surface area contributed by atoms with Crippen molar-refractivity contribution in [3.05, 3.63) is 29.5 Å². The van der Waals surface area contributed by atoms with Gasteiger partial charge in [-0.05, 0) is 31.2 Å². The maximum atomic E-state index is 12.1. The molecule has 2 rings (SSSR count). The molecule has 0 radical (unpaired) electrons. The molecule has 30 heavy (non-hydrogen) atoms. The van der Waals surface area contributed by atoms with Gasteiger partial charge < -0.3 is 19.3 Å². The fourth-order valence-corrected chi connectivity index (χ4v) is 2.99. The van der Waals surface area contributed by atoms with Crippen LogP contribution in [0, 0.1) is 0 Å². The summed E-state index contributed by atoms with van der Waals surface area (Å²) in [6.07, 6.45) is 4.06. The van der Waals surface area contributed by atoms with Crippen molar-refractivity contribution < 1.29 is 18.8 Å². The Morgan fingerprint density at radius 1 is 1.00 bits per heavy atom. The molecule has 0 spiro atoms. The molecule has 0 aliphatic rings. The third-order valence-corrected chi connectivity index (χ3v) is 4.75. The summed E-state index contributed by atoms with van der Waals surface area (Å²) in [6.45, 7) is 14.4. The maximum absolute atomic E-state index is 12.1. The first-order valence-electron chi connectivity index (χ1n) is 11.0. The predicted molar refractivity (Wildman–Crippen MR) is 119 cm³/mol. The second-order valence-corrected chi connectivity index (χ2v) is 8.43. The number of aromatic nitrogens is 1. The summed E-state index contributed by atoms with van der Waals surface area (Å²) in [5.41, 5.74) is 1.96. The number of unbranched alkanes of at least 4 members (excludes halogenated alkanes) is 2. The zero-order valence-electron chi connectivity index (χ0n) is 19.3. The number of benzene rings is 1. The molecule has 1 aromatic carbocycles. The van der Waals surface area contributed by atoms with Crippen molar-refractivity contribution in [1.29, 1.82) is 0 Å². The molecule has 0 fully saturated rings. The van der Waals surface area contributed by atoms with Gasteiger partial charge in [-0.25, -0.2) is 0 Å². The van der Waals surface area contributed by atoms with Gasteiger partial charge in [-0.15, -0.1) is 0 Å². The average molecular weight is 417 g/mol. The van der Waals surface area contributed by atoms with Crippen LogP contribution in [-0.2, 0) is 5.41 Å². The van der Waals surface area contributed by atoms with E-state index in [0.717, 1.165) is 42.6 Å². The molecule has 0 bridgehead atoms. The van der Waals surface area contributed by atoms with Gasteiger partial charge in [0.2, 0.25) is 0 Å². The molecule has 0 atom stereocenters. The summed E-state index contributed by atoms with van der Waals surface area (Å²) in [6, 6.07) is 5.66. The highest BCUT2D eigenvalue weighted by molar-refractivity contribution is 5.93. The van der Waals surface area contributed by atoms with Gasteiger partial charge in [0.1, 0.15) is 11.5 Å². The third kappa shape index (κ3) is 6.25. The highest BCUT2D eigenvalue weighted by Crippen LogP contribution is 2.41. The van der Waals surface area contributed by atoms with Crippen LogP contribution in [0.15, 0.2) is 22.7 Å². The van der Waals surface area contributed by atoms with E-state index in [-0.39, 0.29) is 17.0 Å². The number of hydrogen-bond acceptors (Lipinski definition) is 5. The van der Waals surface area contributed by atoms with Crippen molar-refractivity contribution in [3.8, 4) is 22.8 Å². The zero-order valence-corrected chi connectivity index (χ0v) is 19.3. The highest BCUT2D eigenvalue weighted by atomic mass is 16.5. The number of carbonyl (C=O) groups is 1. The lowest BCUT2D eigenvalue weighted by atomic mass is 9.85. The third-order valence-electron chi connectivity index (χ3n) is 4.75. The fraction of sp³-hybridized carbons (Fsp3) is 0.583. The first-order valence-corrected chi connectivity index (χ1v) is 11.0. The van der Waals surface area contributed by atoms with E-state index in [1.54, 1.807) is 6.07 Å². The maximum Gasteiger partial charge on any atom is 0.273 e. The number of nitrogens with zero attached hydrogens (tertiary/aromatic N) is 1. The minimum absolute atomic E-state index is 0.138. The Hall–Kier alpha value is -2.50. The molecular formula is C24H36N2O4. The van der Waals surface area contributed by atoms with E-state index >= 15 is 0 Å². The van der Waals surface area contributed by atoms with E-state index in [0.29, 0.717) is 31.3 Å². The Balaban J connectivity index is 2.51. The summed E-state index contributed by atoms with van der Waals surface area (Å²) in [5, 5.41) is 6.69. The highest BCUT2D eigenvalue weighted by Gasteiger charge is 2.25. The SMILES string of the molecule is CCCCOc1cc(OCCCC)c(C(C)(C)C)cc1-c1cc(C(=O)NCC)no1. The van der Waals surface area contributed by atoms with Crippen LogP contribution in [0.25, 0.3) is 11.3 Å². The summed E-state index contributed by atoms with van der Waals surface area (Å²) in [4.78, 5) is 12.1. The van der Waals surface area contributed by atoms with Crippen LogP contribution < -0.4 is 14.8 Å². The summed E-state index contributed by atoms with van der Waals surface area (Å²) in [7, 11) is 0. The number of carbonyl (C=O) groups excluding carboxylic acids is 1. The molecular weight excluding hydrogens is 380 g/mol. The minimum Gasteiger partial charge on any atom is -0.493 e. The van der Waals surface area contributed by atoms with Gasteiger partial charge in [-0.3, -0.25) is 4.79 Å². The van der Waals surface area contributed by atoms with Gasteiger partial charge in [-0.2, -0.15) is 0 Å². The van der Waals surface area contributed by atoms with Gasteiger partial charge in [0.25, 0.3) is 5.91 Å². The van der Waals surface area contributed by atoms with E-state index < -0.39 is 0 Å². The summed E-state index contributed by atoms with van der Waals surface area (Å²) in [5.74, 6) is 1.76. The quantitative estimate of drug-likeness (QED) is 0.472. The van der Waals surface area contributed by atoms with Crippen molar-refractivity contribution in [2.45, 2.75) is 72.6 Å². The largest absolute Gasteiger partial charge is 0.493 e. The van der Waals surface area contributed by atoms with Gasteiger partial charge in [0.15, 0.2) is 11.5 Å². The Labute approximate surface area is 180 Å². The van der Waals surface area contributed by atoms with Crippen LogP contribution in [0.4, 0.5) is 0 Å². The van der Waals surface area contributed by atoms with Crippen LogP contribution in [-0.4, -0.2) is 30.8 Å². The number of hydrogen-bond donors (Lipinski definition) is 1. The van der Waals surface area contributed by atoms with Gasteiger partial charge in [0.05, 0.1) is 18.8 Å². The molecule has 6 heteroatoms. The average Bonchev–Trinajstić information content (AvgIpc) is 3.18. The fourth-order valence-electron chi connectivity index (χ4n) is 2.99. The first-order chi connectivity index (χ1) is 14.3. The Kier molecular flexibility index (Phi) is 8.75. The predicted octanol–water partition coefficient (Wildman–Crippen LogP) is 5.75. The molecule has 1 aromatic heterocycles. The Bertz CT molecular complexity index is 821. The molecule has 166 valence electrons. The molecule has 1 amide bonds. The second-order valence-electron chi connectivity index (χ2n) is 8.43. The lowest BCUT2D eigenvalue weighted by molar-refractivity contribution is 0.0947. The summed E-state index contributed by atoms with van der Waals surface area (Å²) >= 11 is 0. The monoisotopic (exact) mass is 416 g/mol. The lowest BCUT2D eigenvalue weighted by Gasteiger charge is -2.25. The number of nitrogens with one attached hydrogen (secondary N) is 1. The van der Waals surface area contributed by atoms with Crippen LogP contribution >= 0.6 is 0 Å². The standard InChI is InChI=1S/C24H36N2O4/c1-7-10-12-28-20-16-22(29-13-11-8-2)18(24(4,5)6)14-17(20)21-15-19(26-30-21)23(27)25-9-3/h14-16H,7-13H2,1-6H3,(H,25,27). The van der Waals surface area contributed by atoms with Crippen LogP contribution in [0.3, 0.4) is 0 Å². The van der Waals surface area contributed by atoms with E-state index in [2.05, 4.69) is 45.1 Å². The van der Waals surface area contributed by atoms with E-state index in [4.69, 9.17) is 14.0 Å². The van der Waals surface area contributed by atoms with Crippen molar-refractivity contribution in [2.24, 2.45) is 0 Å². The molecule has 2 aromatic rings. The van der Waals surface area contributed by atoms with Crippen molar-refractivity contribution in [3.63, 3.8) is 0 Å². The molecule has 0 saturated heterocycles. The second kappa shape index (κ2) is 11.0. The summed E-state index contributed by atoms with van der Waals surface area (Å²) < 4.78 is 17.8. The van der Waals surface area contributed by atoms with Gasteiger partial charge in [0, 0.05) is 24.2 Å². The van der Waals surface area contributed by atoms with Crippen molar-refractivity contribution >= 4 is 5.91 Å². The van der Waals surface area contributed by atoms with E-state index in [9.17, 15) is 4.79 Å². The first kappa shape index (κ1) is 23.8. The van der Waals surface area contributed by atoms with Crippen molar-refractivity contribution in [2.75, 3.05) is 19.8 Å². The molecule has 0 saturated carbocycles. The van der Waals surface area contributed by atoms with Crippen LogP contribution in [0.1, 0.15) is 83.3 Å². The normalized spacial score (nSPS) is 11.4. The Morgan fingerprint density at radius 2 is 1.63 bits per heavy atom. The number of amides is 1. The molecule has 0 aliphatic carbocycles. The van der Waals surface area contributed by atoms with Crippen LogP contribution in [0.5, 0.6) is 11.5 Å². The topological polar surface area (TPSA) is 73.6 Å². The molecule has 6 nitrogen and oxygen atoms in total. The van der Waals surface area contributed by atoms with Crippen LogP contribution in [0.2, 0.25) is 0 Å². The molecule has 1 N–H and O–H groups in total.